The minimum absolute atomic E-state index is 0.202. The summed E-state index contributed by atoms with van der Waals surface area (Å²) in [7, 11) is 1.25. The van der Waals surface area contributed by atoms with Crippen LogP contribution in [0.1, 0.15) is 48.5 Å². The normalized spacial score (nSPS) is 14.8. The molecule has 3 rings (SSSR count). The molecule has 0 radical (unpaired) electrons. The number of amides is 4. The second-order valence-electron chi connectivity index (χ2n) is 7.72. The number of benzene rings is 2. The number of barbiturate groups is 1. The van der Waals surface area contributed by atoms with Crippen LogP contribution in [0, 0.1) is 0 Å². The summed E-state index contributed by atoms with van der Waals surface area (Å²) in [6.45, 7) is 2.72. The van der Waals surface area contributed by atoms with E-state index in [1.807, 2.05) is 0 Å². The van der Waals surface area contributed by atoms with E-state index in [-0.39, 0.29) is 16.8 Å². The molecule has 0 aromatic heterocycles. The summed E-state index contributed by atoms with van der Waals surface area (Å²) in [6, 6.07) is 8.29. The Morgan fingerprint density at radius 2 is 1.69 bits per heavy atom. The zero-order valence-electron chi connectivity index (χ0n) is 19.2. The Morgan fingerprint density at radius 3 is 2.29 bits per heavy atom. The molecule has 0 bridgehead atoms. The molecule has 184 valence electrons. The van der Waals surface area contributed by atoms with E-state index in [1.165, 1.54) is 37.5 Å². The Morgan fingerprint density at radius 1 is 1.03 bits per heavy atom. The summed E-state index contributed by atoms with van der Waals surface area (Å²) in [5, 5.41) is 2.18. The number of carbonyl (C=O) groups is 4. The van der Waals surface area contributed by atoms with Crippen LogP contribution in [0.25, 0.3) is 6.08 Å². The summed E-state index contributed by atoms with van der Waals surface area (Å²) in [5.41, 5.74) is 0.799. The molecule has 1 aliphatic rings. The zero-order chi connectivity index (χ0) is 25.5. The van der Waals surface area contributed by atoms with E-state index in [9.17, 15) is 19.2 Å². The lowest BCUT2D eigenvalue weighted by molar-refractivity contribution is -0.122. The number of nitrogens with one attached hydrogen (secondary N) is 1. The van der Waals surface area contributed by atoms with Crippen molar-refractivity contribution in [3.8, 4) is 5.75 Å². The maximum Gasteiger partial charge on any atom is 0.337 e. The number of rotatable bonds is 9. The van der Waals surface area contributed by atoms with Crippen LogP contribution < -0.4 is 15.0 Å². The first-order chi connectivity index (χ1) is 16.8. The molecular formula is C25H24Br2N2O6. The van der Waals surface area contributed by atoms with Crippen molar-refractivity contribution in [1.82, 2.24) is 5.32 Å². The van der Waals surface area contributed by atoms with E-state index < -0.39 is 23.8 Å². The Kier molecular flexibility index (Phi) is 9.22. The quantitative estimate of drug-likeness (QED) is 0.172. The number of hydrogen-bond donors (Lipinski definition) is 1. The molecule has 1 aliphatic heterocycles. The second-order valence-corrected chi connectivity index (χ2v) is 9.43. The molecule has 2 aromatic rings. The molecule has 0 atom stereocenters. The number of methoxy groups -OCH3 is 1. The molecule has 1 N–H and O–H groups in total. The van der Waals surface area contributed by atoms with Gasteiger partial charge in [-0.05, 0) is 86.3 Å². The summed E-state index contributed by atoms with van der Waals surface area (Å²) < 4.78 is 11.8. The van der Waals surface area contributed by atoms with Gasteiger partial charge < -0.3 is 9.47 Å². The van der Waals surface area contributed by atoms with Gasteiger partial charge in [0.05, 0.1) is 33.9 Å². The lowest BCUT2D eigenvalue weighted by Crippen LogP contribution is -2.54. The summed E-state index contributed by atoms with van der Waals surface area (Å²) >= 11 is 6.97. The van der Waals surface area contributed by atoms with E-state index in [0.717, 1.165) is 30.6 Å². The van der Waals surface area contributed by atoms with E-state index >= 15 is 0 Å². The van der Waals surface area contributed by atoms with Crippen LogP contribution in [0.4, 0.5) is 10.5 Å². The SMILES string of the molecule is CCCCCCOc1c(Br)cc(/C=C2/C(=O)NC(=O)N(c3ccc(C(=O)OC)cc3)C2=O)cc1Br. The van der Waals surface area contributed by atoms with Gasteiger partial charge in [0, 0.05) is 0 Å². The summed E-state index contributed by atoms with van der Waals surface area (Å²) in [6.07, 6.45) is 5.74. The molecule has 1 saturated heterocycles. The number of imide groups is 2. The monoisotopic (exact) mass is 606 g/mol. The number of nitrogens with zero attached hydrogens (tertiary/aromatic N) is 1. The number of anilines is 1. The van der Waals surface area contributed by atoms with Crippen LogP contribution in [0.5, 0.6) is 5.75 Å². The van der Waals surface area contributed by atoms with Gasteiger partial charge in [0.2, 0.25) is 0 Å². The lowest BCUT2D eigenvalue weighted by atomic mass is 10.1. The van der Waals surface area contributed by atoms with Gasteiger partial charge in [-0.25, -0.2) is 14.5 Å². The van der Waals surface area contributed by atoms with Gasteiger partial charge in [-0.1, -0.05) is 26.2 Å². The molecule has 10 heteroatoms. The Balaban J connectivity index is 1.84. The third kappa shape index (κ3) is 6.37. The highest BCUT2D eigenvalue weighted by molar-refractivity contribution is 9.11. The van der Waals surface area contributed by atoms with Gasteiger partial charge in [0.1, 0.15) is 11.3 Å². The molecule has 35 heavy (non-hydrogen) atoms. The van der Waals surface area contributed by atoms with Gasteiger partial charge in [0.15, 0.2) is 0 Å². The van der Waals surface area contributed by atoms with Crippen LogP contribution in [-0.2, 0) is 14.3 Å². The van der Waals surface area contributed by atoms with Crippen molar-refractivity contribution in [2.75, 3.05) is 18.6 Å². The van der Waals surface area contributed by atoms with Gasteiger partial charge >= 0.3 is 12.0 Å². The number of hydrogen-bond acceptors (Lipinski definition) is 6. The average Bonchev–Trinajstić information content (AvgIpc) is 2.83. The van der Waals surface area contributed by atoms with Gasteiger partial charge in [-0.15, -0.1) is 0 Å². The molecule has 1 heterocycles. The number of unbranched alkanes of at least 4 members (excludes halogenated alkanes) is 3. The van der Waals surface area contributed by atoms with Crippen molar-refractivity contribution in [3.63, 3.8) is 0 Å². The smallest absolute Gasteiger partial charge is 0.337 e. The van der Waals surface area contributed by atoms with E-state index in [2.05, 4.69) is 48.8 Å². The molecule has 1 fully saturated rings. The standard InChI is InChI=1S/C25H24Br2N2O6/c1-3-4-5-6-11-35-21-19(26)13-15(14-20(21)27)12-18-22(30)28-25(33)29(23(18)31)17-9-7-16(8-10-17)24(32)34-2/h7-10,12-14H,3-6,11H2,1-2H3,(H,28,30,33)/b18-12-. The van der Waals surface area contributed by atoms with Crippen molar-refractivity contribution >= 4 is 67.4 Å². The fourth-order valence-electron chi connectivity index (χ4n) is 3.43. The largest absolute Gasteiger partial charge is 0.491 e. The molecule has 0 saturated carbocycles. The number of halogens is 2. The highest BCUT2D eigenvalue weighted by Gasteiger charge is 2.37. The molecular weight excluding hydrogens is 584 g/mol. The predicted octanol–water partition coefficient (Wildman–Crippen LogP) is 5.62. The molecule has 0 unspecified atom stereocenters. The van der Waals surface area contributed by atoms with Crippen LogP contribution in [0.15, 0.2) is 50.9 Å². The van der Waals surface area contributed by atoms with E-state index in [0.29, 0.717) is 26.9 Å². The van der Waals surface area contributed by atoms with Crippen LogP contribution in [0.2, 0.25) is 0 Å². The third-order valence-corrected chi connectivity index (χ3v) is 6.40. The number of urea groups is 1. The number of esters is 1. The second kappa shape index (κ2) is 12.1. The van der Waals surface area contributed by atoms with Crippen molar-refractivity contribution in [3.05, 3.63) is 62.0 Å². The number of ether oxygens (including phenoxy) is 2. The van der Waals surface area contributed by atoms with Crippen molar-refractivity contribution in [2.24, 2.45) is 0 Å². The fourth-order valence-corrected chi connectivity index (χ4v) is 4.88. The van der Waals surface area contributed by atoms with Crippen LogP contribution in [-0.4, -0.2) is 37.5 Å². The Hall–Kier alpha value is -2.98. The Labute approximate surface area is 219 Å². The summed E-state index contributed by atoms with van der Waals surface area (Å²) in [4.78, 5) is 50.5. The molecule has 8 nitrogen and oxygen atoms in total. The first kappa shape index (κ1) is 26.6. The first-order valence-corrected chi connectivity index (χ1v) is 12.6. The molecule has 0 aliphatic carbocycles. The summed E-state index contributed by atoms with van der Waals surface area (Å²) in [5.74, 6) is -1.50. The molecule has 0 spiro atoms. The van der Waals surface area contributed by atoms with Crippen LogP contribution >= 0.6 is 31.9 Å². The van der Waals surface area contributed by atoms with Gasteiger partial charge in [-0.2, -0.15) is 0 Å². The Bertz CT molecular complexity index is 1150. The maximum atomic E-state index is 13.1. The fraction of sp³-hybridized carbons (Fsp3) is 0.280. The van der Waals surface area contributed by atoms with Gasteiger partial charge in [-0.3, -0.25) is 14.9 Å². The predicted molar refractivity (Wildman–Crippen MR) is 138 cm³/mol. The van der Waals surface area contributed by atoms with E-state index in [1.54, 1.807) is 12.1 Å². The lowest BCUT2D eigenvalue weighted by Gasteiger charge is -2.26. The van der Waals surface area contributed by atoms with Crippen molar-refractivity contribution in [2.45, 2.75) is 32.6 Å². The molecule has 4 amide bonds. The topological polar surface area (TPSA) is 102 Å². The van der Waals surface area contributed by atoms with E-state index in [4.69, 9.17) is 4.74 Å². The number of carbonyl (C=O) groups excluding carboxylic acids is 4. The molecule has 2 aromatic carbocycles. The van der Waals surface area contributed by atoms with Crippen molar-refractivity contribution in [1.29, 1.82) is 0 Å². The third-order valence-electron chi connectivity index (χ3n) is 5.22. The first-order valence-electron chi connectivity index (χ1n) is 11.0. The van der Waals surface area contributed by atoms with Gasteiger partial charge in [0.25, 0.3) is 11.8 Å². The minimum atomic E-state index is -0.878. The van der Waals surface area contributed by atoms with Crippen molar-refractivity contribution < 1.29 is 28.7 Å². The minimum Gasteiger partial charge on any atom is -0.491 e. The van der Waals surface area contributed by atoms with Crippen LogP contribution in [0.3, 0.4) is 0 Å². The average molecular weight is 608 g/mol. The highest BCUT2D eigenvalue weighted by atomic mass is 79.9. The highest BCUT2D eigenvalue weighted by Crippen LogP contribution is 2.36. The zero-order valence-corrected chi connectivity index (χ0v) is 22.4. The maximum absolute atomic E-state index is 13.1.